The number of aliphatic hydroxyl groups is 2. The van der Waals surface area contributed by atoms with Gasteiger partial charge in [-0.1, -0.05) is 31.9 Å². The van der Waals surface area contributed by atoms with E-state index in [4.69, 9.17) is 5.11 Å². The quantitative estimate of drug-likeness (QED) is 0.342. The van der Waals surface area contributed by atoms with Crippen LogP contribution in [0, 0.1) is 11.3 Å². The molecule has 1 aliphatic rings. The van der Waals surface area contributed by atoms with E-state index in [0.717, 1.165) is 19.3 Å². The molecule has 0 saturated heterocycles. The maximum Gasteiger partial charge on any atom is 0.314 e. The van der Waals surface area contributed by atoms with Gasteiger partial charge in [0.25, 0.3) is 0 Å². The third kappa shape index (κ3) is 7.05. The molecule has 1 aliphatic carbocycles. The molecule has 5 nitrogen and oxygen atoms in total. The lowest BCUT2D eigenvalue weighted by atomic mass is 9.70. The average Bonchev–Trinajstić information content (AvgIpc) is 3.07. The molecule has 0 bridgehead atoms. The lowest BCUT2D eigenvalue weighted by Gasteiger charge is -2.31. The number of aliphatic hydroxyl groups excluding tert-OH is 1. The molecule has 1 unspecified atom stereocenters. The predicted octanol–water partition coefficient (Wildman–Crippen LogP) is 4.19. The SMILES string of the molecule is CCCCC(C)(O)C/C=C/[C@](CCC=C=C(C)CO)(C(=O)O)[C@H]1CCCC1=O. The topological polar surface area (TPSA) is 94.8 Å². The summed E-state index contributed by atoms with van der Waals surface area (Å²) in [6, 6.07) is 0. The molecule has 0 aliphatic heterocycles. The third-order valence-corrected chi connectivity index (χ3v) is 5.65. The van der Waals surface area contributed by atoms with Crippen LogP contribution in [0.2, 0.25) is 0 Å². The van der Waals surface area contributed by atoms with Crippen molar-refractivity contribution >= 4 is 11.8 Å². The van der Waals surface area contributed by atoms with Gasteiger partial charge in [-0.2, -0.15) is 0 Å². The number of unbranched alkanes of at least 4 members (excludes halogenated alkanes) is 1. The van der Waals surface area contributed by atoms with Crippen molar-refractivity contribution in [3.05, 3.63) is 29.5 Å². The van der Waals surface area contributed by atoms with E-state index in [1.807, 2.05) is 0 Å². The van der Waals surface area contributed by atoms with Gasteiger partial charge in [0.15, 0.2) is 0 Å². The van der Waals surface area contributed by atoms with E-state index in [2.05, 4.69) is 12.7 Å². The molecule has 0 aromatic carbocycles. The Morgan fingerprint density at radius 1 is 1.36 bits per heavy atom. The zero-order valence-electron chi connectivity index (χ0n) is 17.5. The van der Waals surface area contributed by atoms with E-state index in [9.17, 15) is 19.8 Å². The van der Waals surface area contributed by atoms with Crippen molar-refractivity contribution in [1.82, 2.24) is 0 Å². The first-order valence-corrected chi connectivity index (χ1v) is 10.4. The molecule has 5 heteroatoms. The average molecular weight is 393 g/mol. The summed E-state index contributed by atoms with van der Waals surface area (Å²) in [4.78, 5) is 24.7. The Balaban J connectivity index is 3.07. The van der Waals surface area contributed by atoms with Crippen LogP contribution in [-0.4, -0.2) is 39.3 Å². The summed E-state index contributed by atoms with van der Waals surface area (Å²) in [7, 11) is 0. The molecule has 0 spiro atoms. The van der Waals surface area contributed by atoms with Crippen LogP contribution < -0.4 is 0 Å². The van der Waals surface area contributed by atoms with Gasteiger partial charge in [-0.25, -0.2) is 0 Å². The van der Waals surface area contributed by atoms with Crippen LogP contribution in [0.4, 0.5) is 0 Å². The normalized spacial score (nSPS) is 21.2. The Kier molecular flexibility index (Phi) is 9.88. The van der Waals surface area contributed by atoms with E-state index in [1.165, 1.54) is 0 Å². The van der Waals surface area contributed by atoms with Gasteiger partial charge >= 0.3 is 5.97 Å². The van der Waals surface area contributed by atoms with Gasteiger partial charge in [0.05, 0.1) is 17.6 Å². The number of hydrogen-bond donors (Lipinski definition) is 3. The highest BCUT2D eigenvalue weighted by molar-refractivity contribution is 5.91. The van der Waals surface area contributed by atoms with Gasteiger partial charge in [-0.05, 0) is 64.0 Å². The van der Waals surface area contributed by atoms with Crippen molar-refractivity contribution in [1.29, 1.82) is 0 Å². The fraction of sp³-hybridized carbons (Fsp3) is 0.696. The molecule has 0 aromatic heterocycles. The number of aliphatic carboxylic acids is 1. The van der Waals surface area contributed by atoms with Crippen LogP contribution in [0.15, 0.2) is 29.5 Å². The highest BCUT2D eigenvalue weighted by Crippen LogP contribution is 2.43. The number of Topliss-reactive ketones (excluding diaryl/α,β-unsaturated/α-hetero) is 1. The minimum Gasteiger partial charge on any atom is -0.481 e. The highest BCUT2D eigenvalue weighted by atomic mass is 16.4. The maximum atomic E-state index is 12.4. The van der Waals surface area contributed by atoms with Gasteiger partial charge in [-0.15, -0.1) is 5.73 Å². The molecule has 0 aromatic rings. The van der Waals surface area contributed by atoms with Gasteiger partial charge in [0.1, 0.15) is 5.78 Å². The Bertz CT molecular complexity index is 625. The van der Waals surface area contributed by atoms with Crippen LogP contribution >= 0.6 is 0 Å². The van der Waals surface area contributed by atoms with E-state index < -0.39 is 22.9 Å². The fourth-order valence-electron chi connectivity index (χ4n) is 3.85. The molecule has 3 N–H and O–H groups in total. The second kappa shape index (κ2) is 11.4. The lowest BCUT2D eigenvalue weighted by Crippen LogP contribution is -2.39. The summed E-state index contributed by atoms with van der Waals surface area (Å²) in [6.45, 7) is 5.49. The van der Waals surface area contributed by atoms with Gasteiger partial charge in [0.2, 0.25) is 0 Å². The third-order valence-electron chi connectivity index (χ3n) is 5.65. The predicted molar refractivity (Wildman–Crippen MR) is 110 cm³/mol. The van der Waals surface area contributed by atoms with E-state index in [1.54, 1.807) is 32.1 Å². The number of carboxylic acids is 1. The van der Waals surface area contributed by atoms with Gasteiger partial charge in [-0.3, -0.25) is 9.59 Å². The summed E-state index contributed by atoms with van der Waals surface area (Å²) >= 11 is 0. The monoisotopic (exact) mass is 392 g/mol. The number of carboxylic acid groups (broad SMARTS) is 1. The lowest BCUT2D eigenvalue weighted by molar-refractivity contribution is -0.152. The molecule has 0 amide bonds. The first kappa shape index (κ1) is 24.4. The molecule has 1 fully saturated rings. The van der Waals surface area contributed by atoms with Crippen LogP contribution in [0.25, 0.3) is 0 Å². The molecule has 1 rings (SSSR count). The summed E-state index contributed by atoms with van der Waals surface area (Å²) in [6.07, 6.45) is 10.5. The molecule has 0 radical (unpaired) electrons. The Morgan fingerprint density at radius 3 is 2.61 bits per heavy atom. The van der Waals surface area contributed by atoms with Crippen molar-refractivity contribution in [3.8, 4) is 0 Å². The zero-order valence-corrected chi connectivity index (χ0v) is 17.5. The highest BCUT2D eigenvalue weighted by Gasteiger charge is 2.48. The zero-order chi connectivity index (χ0) is 21.2. The number of carbonyl (C=O) groups is 2. The number of hydrogen-bond acceptors (Lipinski definition) is 4. The van der Waals surface area contributed by atoms with E-state index in [-0.39, 0.29) is 18.8 Å². The first-order valence-electron chi connectivity index (χ1n) is 10.4. The second-order valence-corrected chi connectivity index (χ2v) is 8.29. The molecule has 158 valence electrons. The summed E-state index contributed by atoms with van der Waals surface area (Å²) in [5.41, 5.74) is 1.49. The number of carbonyl (C=O) groups excluding carboxylic acids is 1. The molecule has 1 saturated carbocycles. The van der Waals surface area contributed by atoms with Crippen LogP contribution in [-0.2, 0) is 9.59 Å². The van der Waals surface area contributed by atoms with Crippen LogP contribution in [0.5, 0.6) is 0 Å². The van der Waals surface area contributed by atoms with E-state index >= 15 is 0 Å². The van der Waals surface area contributed by atoms with Crippen LogP contribution in [0.3, 0.4) is 0 Å². The second-order valence-electron chi connectivity index (χ2n) is 8.29. The van der Waals surface area contributed by atoms with Crippen molar-refractivity contribution < 1.29 is 24.9 Å². The maximum absolute atomic E-state index is 12.4. The largest absolute Gasteiger partial charge is 0.481 e. The minimum atomic E-state index is -1.26. The van der Waals surface area contributed by atoms with Crippen LogP contribution in [0.1, 0.15) is 78.6 Å². The molecule has 28 heavy (non-hydrogen) atoms. The van der Waals surface area contributed by atoms with Crippen molar-refractivity contribution in [2.45, 2.75) is 84.2 Å². The fourth-order valence-corrected chi connectivity index (χ4v) is 3.85. The minimum absolute atomic E-state index is 0.0100. The Labute approximate surface area is 168 Å². The standard InChI is InChI=1S/C23H36O5/c1-4-5-13-22(3,28)14-9-16-23(21(26)27,19-11-8-12-20(19)25)15-7-6-10-18(2)17-24/h6,9,16,19,24,28H,4-5,7-8,11-15,17H2,1-3H3,(H,26,27)/b16-9+/t10?,19-,22?,23-/m0/s1. The Morgan fingerprint density at radius 2 is 2.07 bits per heavy atom. The molecule has 3 atom stereocenters. The summed E-state index contributed by atoms with van der Waals surface area (Å²) in [5.74, 6) is -1.51. The van der Waals surface area contributed by atoms with Gasteiger partial charge in [0, 0.05) is 12.3 Å². The van der Waals surface area contributed by atoms with Crippen molar-refractivity contribution in [3.63, 3.8) is 0 Å². The molecular weight excluding hydrogens is 356 g/mol. The van der Waals surface area contributed by atoms with Crippen molar-refractivity contribution in [2.75, 3.05) is 6.61 Å². The van der Waals surface area contributed by atoms with Gasteiger partial charge < -0.3 is 15.3 Å². The molecular formula is C23H36O5. The Hall–Kier alpha value is -1.68. The first-order chi connectivity index (χ1) is 13.2. The smallest absolute Gasteiger partial charge is 0.314 e. The summed E-state index contributed by atoms with van der Waals surface area (Å²) < 4.78 is 0. The molecule has 0 heterocycles. The number of rotatable bonds is 12. The number of ketones is 1. The van der Waals surface area contributed by atoms with E-state index in [0.29, 0.717) is 37.7 Å². The summed E-state index contributed by atoms with van der Waals surface area (Å²) in [5, 5.41) is 29.6. The van der Waals surface area contributed by atoms with Crippen molar-refractivity contribution in [2.24, 2.45) is 11.3 Å².